The third-order valence-corrected chi connectivity index (χ3v) is 30.1. The van der Waals surface area contributed by atoms with Gasteiger partial charge in [0.2, 0.25) is 23.5 Å². The van der Waals surface area contributed by atoms with E-state index in [2.05, 4.69) is 83.4 Å². The van der Waals surface area contributed by atoms with Crippen LogP contribution in [0.5, 0.6) is 23.5 Å². The number of hydrogen-bond donors (Lipinski definition) is 8. The van der Waals surface area contributed by atoms with Crippen LogP contribution < -0.4 is 60.8 Å². The average molecular weight is 1790 g/mol. The van der Waals surface area contributed by atoms with Crippen LogP contribution in [0.25, 0.3) is 0 Å². The molecule has 0 saturated carbocycles. The van der Waals surface area contributed by atoms with E-state index in [1.165, 1.54) is 24.8 Å². The standard InChI is InChI=1S/4C21H26FN5O3S/c4*1-21(2)10-27-19(30-11-21)17(9-24-27)31(23,29)26-20(28)25-18-15-5-3-4-12(15)6-13-7-14(22)8-16(13)18/h4*6,9,14H,3-5,7-8,10-11H2,1-2H3,(H3,23,25,26,28,29)/t4*14-,31?/m1100/s1. The number of benzene rings is 4. The number of nitrogens with one attached hydrogen (secondary N) is 4. The van der Waals surface area contributed by atoms with Crippen LogP contribution in [0.2, 0.25) is 0 Å². The average Bonchev–Trinajstić information content (AvgIpc) is 1.59. The maximum atomic E-state index is 14.1. The molecule has 124 heavy (non-hydrogen) atoms. The molecule has 664 valence electrons. The van der Waals surface area contributed by atoms with Gasteiger partial charge in [-0.1, -0.05) is 79.7 Å². The Morgan fingerprint density at radius 2 is 0.540 bits per heavy atom. The molecule has 32 nitrogen and oxygen atoms in total. The number of aryl methyl sites for hydroxylation is 4. The highest BCUT2D eigenvalue weighted by Crippen LogP contribution is 2.47. The lowest BCUT2D eigenvalue weighted by molar-refractivity contribution is 0.0972. The van der Waals surface area contributed by atoms with E-state index < -0.39 is 88.5 Å². The van der Waals surface area contributed by atoms with Crippen LogP contribution in [-0.2, 0) is 169 Å². The lowest BCUT2D eigenvalue weighted by Gasteiger charge is -2.30. The van der Waals surface area contributed by atoms with Gasteiger partial charge < -0.3 is 40.2 Å². The lowest BCUT2D eigenvalue weighted by Crippen LogP contribution is -2.33. The molecule has 8 amide bonds. The highest BCUT2D eigenvalue weighted by molar-refractivity contribution is 7.92. The number of alkyl halides is 4. The van der Waals surface area contributed by atoms with E-state index in [0.717, 1.165) is 166 Å². The van der Waals surface area contributed by atoms with Crippen molar-refractivity contribution in [3.8, 4) is 23.5 Å². The molecule has 0 fully saturated rings. The molecule has 4 aromatic carbocycles. The number of urea groups is 4. The Balaban J connectivity index is 0.000000117. The van der Waals surface area contributed by atoms with E-state index in [0.29, 0.717) is 101 Å². The first-order valence-electron chi connectivity index (χ1n) is 41.9. The molecule has 4 unspecified atom stereocenters. The van der Waals surface area contributed by atoms with E-state index in [-0.39, 0.29) is 90.4 Å². The van der Waals surface area contributed by atoms with Crippen molar-refractivity contribution in [3.63, 3.8) is 0 Å². The van der Waals surface area contributed by atoms with E-state index in [1.54, 1.807) is 18.7 Å². The third kappa shape index (κ3) is 17.4. The van der Waals surface area contributed by atoms with Crippen molar-refractivity contribution in [2.45, 2.75) is 254 Å². The summed E-state index contributed by atoms with van der Waals surface area (Å²) in [5.74, 6) is 1.13. The Bertz CT molecular complexity index is 5600. The number of anilines is 4. The number of nitrogens with zero attached hydrogens (tertiary/aromatic N) is 12. The number of fused-ring (bicyclic) bond motifs is 12. The molecule has 12 N–H and O–H groups in total. The number of halogens is 4. The highest BCUT2D eigenvalue weighted by Gasteiger charge is 2.41. The molecule has 8 aliphatic carbocycles. The van der Waals surface area contributed by atoms with Gasteiger partial charge in [0.15, 0.2) is 39.7 Å². The molecule has 0 spiro atoms. The van der Waals surface area contributed by atoms with Crippen molar-refractivity contribution in [1.82, 2.24) is 39.1 Å². The molecule has 8 aromatic rings. The van der Waals surface area contributed by atoms with Gasteiger partial charge in [0, 0.05) is 95.8 Å². The summed E-state index contributed by atoms with van der Waals surface area (Å²) in [7, 11) is -14.3. The summed E-state index contributed by atoms with van der Waals surface area (Å²) >= 11 is 0. The van der Waals surface area contributed by atoms with Gasteiger partial charge in [0.25, 0.3) is 0 Å². The smallest absolute Gasteiger partial charge is 0.354 e. The van der Waals surface area contributed by atoms with Crippen LogP contribution in [-0.4, -0.2) is 131 Å². The van der Waals surface area contributed by atoms with Crippen molar-refractivity contribution in [2.24, 2.45) is 59.7 Å². The minimum atomic E-state index is -3.57. The minimum Gasteiger partial charge on any atom is -0.476 e. The predicted octanol–water partition coefficient (Wildman–Crippen LogP) is 12.6. The normalized spacial score (nSPS) is 22.6. The number of carbonyl (C=O) groups is 4. The van der Waals surface area contributed by atoms with Crippen LogP contribution in [0.4, 0.5) is 59.5 Å². The molecule has 0 bridgehead atoms. The van der Waals surface area contributed by atoms with Crippen molar-refractivity contribution in [2.75, 3.05) is 47.7 Å². The number of aromatic nitrogens is 8. The zero-order valence-corrected chi connectivity index (χ0v) is 73.7. The minimum absolute atomic E-state index is 0.102. The predicted molar refractivity (Wildman–Crippen MR) is 457 cm³/mol. The van der Waals surface area contributed by atoms with Gasteiger partial charge in [-0.15, -0.1) is 17.5 Å². The Labute approximate surface area is 717 Å². The molecule has 8 atom stereocenters. The number of nitrogens with two attached hydrogens (primary N) is 4. The first-order valence-corrected chi connectivity index (χ1v) is 48.2. The maximum absolute atomic E-state index is 14.1. The second kappa shape index (κ2) is 32.2. The number of hydrogen-bond acceptors (Lipinski definition) is 16. The molecule has 0 radical (unpaired) electrons. The van der Waals surface area contributed by atoms with Crippen LogP contribution in [0.3, 0.4) is 0 Å². The van der Waals surface area contributed by atoms with E-state index in [9.17, 15) is 53.6 Å². The Morgan fingerprint density at radius 3 is 0.742 bits per heavy atom. The SMILES string of the molecule is CC1(C)COc2c(S(N)(=O)=NC(=O)Nc3c4c(cc5c3C[C@@H](F)C5)CCC4)cnn2C1.CC1(C)COc2c(S(N)(=O)=NC(=O)Nc3c4c(cc5c3C[C@@H](F)C5)CCC4)cnn2C1.CC1(C)COc2c(S(N)(=O)=NC(=O)Nc3c4c(cc5c3C[C@H](F)C5)CCC4)cnn2C1.CC1(C)COc2c(S(N)(=O)=NC(=O)Nc3c4c(cc5c3C[C@H](F)C5)CCC4)cnn2C1. The molecule has 0 saturated heterocycles. The van der Waals surface area contributed by atoms with Gasteiger partial charge >= 0.3 is 24.1 Å². The van der Waals surface area contributed by atoms with Crippen molar-refractivity contribution < 1.29 is 72.5 Å². The fraction of sp³-hybridized carbons (Fsp3) is 0.524. The van der Waals surface area contributed by atoms with Gasteiger partial charge in [-0.05, 0) is 166 Å². The highest BCUT2D eigenvalue weighted by atomic mass is 32.2. The molecule has 12 aliphatic rings. The zero-order valence-electron chi connectivity index (χ0n) is 70.4. The van der Waals surface area contributed by atoms with Gasteiger partial charge in [-0.2, -0.15) is 20.4 Å². The molecule has 4 aliphatic heterocycles. The molecule has 40 heteroatoms. The molecule has 8 heterocycles. The van der Waals surface area contributed by atoms with Crippen LogP contribution in [0.15, 0.2) is 86.1 Å². The van der Waals surface area contributed by atoms with Gasteiger partial charge in [-0.25, -0.2) is 92.9 Å². The first kappa shape index (κ1) is 86.3. The fourth-order valence-electron chi connectivity index (χ4n) is 19.1. The molecular weight excluding hydrogens is 1690 g/mol. The summed E-state index contributed by atoms with van der Waals surface area (Å²) in [6.45, 7) is 20.3. The topological polar surface area (TPSA) is 446 Å². The Hall–Kier alpha value is -9.84. The quantitative estimate of drug-likeness (QED) is 0.0655. The summed E-state index contributed by atoms with van der Waals surface area (Å²) in [6.07, 6.45) is 14.9. The monoisotopic (exact) mass is 1790 g/mol. The summed E-state index contributed by atoms with van der Waals surface area (Å²) in [5, 5.41) is 51.9. The van der Waals surface area contributed by atoms with E-state index in [4.69, 9.17) is 39.5 Å². The fourth-order valence-corrected chi connectivity index (χ4v) is 23.1. The molecule has 20 rings (SSSR count). The Morgan fingerprint density at radius 1 is 0.339 bits per heavy atom. The zero-order chi connectivity index (χ0) is 87.9. The summed E-state index contributed by atoms with van der Waals surface area (Å²) in [4.78, 5) is 51.5. The van der Waals surface area contributed by atoms with Gasteiger partial charge in [-0.3, -0.25) is 0 Å². The van der Waals surface area contributed by atoms with Gasteiger partial charge in [0.1, 0.15) is 44.3 Å². The number of carbonyl (C=O) groups excluding carboxylic acids is 4. The van der Waals surface area contributed by atoms with E-state index >= 15 is 0 Å². The molecule has 4 aromatic heterocycles. The van der Waals surface area contributed by atoms with Crippen LogP contribution in [0.1, 0.15) is 170 Å². The summed E-state index contributed by atoms with van der Waals surface area (Å²) in [6, 6.07) is 5.01. The maximum Gasteiger partial charge on any atom is 0.354 e. The van der Waals surface area contributed by atoms with Gasteiger partial charge in [0.05, 0.1) is 77.4 Å². The van der Waals surface area contributed by atoms with Crippen LogP contribution >= 0.6 is 0 Å². The first-order chi connectivity index (χ1) is 58.5. The van der Waals surface area contributed by atoms with Crippen molar-refractivity contribution >= 4 is 86.5 Å². The van der Waals surface area contributed by atoms with Crippen LogP contribution in [0, 0.1) is 21.7 Å². The number of rotatable bonds is 8. The van der Waals surface area contributed by atoms with Crippen molar-refractivity contribution in [1.29, 1.82) is 0 Å². The summed E-state index contributed by atoms with van der Waals surface area (Å²) in [5.41, 5.74) is 17.6. The summed E-state index contributed by atoms with van der Waals surface area (Å²) < 4.78 is 153. The largest absolute Gasteiger partial charge is 0.476 e. The molecular formula is C84H104F4N20O12S4. The Kier molecular flexibility index (Phi) is 22.4. The second-order valence-corrected chi connectivity index (χ2v) is 44.6. The van der Waals surface area contributed by atoms with E-state index in [1.807, 2.05) is 55.4 Å². The number of amides is 8. The lowest BCUT2D eigenvalue weighted by atomic mass is 9.94. The van der Waals surface area contributed by atoms with Crippen molar-refractivity contribution in [3.05, 3.63) is 138 Å². The number of ether oxygens (including phenoxy) is 4. The third-order valence-electron chi connectivity index (χ3n) is 24.7. The second-order valence-electron chi connectivity index (χ2n) is 37.6.